The zero-order valence-corrected chi connectivity index (χ0v) is 16.1. The molecule has 0 spiro atoms. The Balaban J connectivity index is 1.70. The molecular weight excluding hydrogens is 384 g/mol. The molecule has 1 aromatic carbocycles. The Bertz CT molecular complexity index is 989. The highest BCUT2D eigenvalue weighted by Gasteiger charge is 2.28. The van der Waals surface area contributed by atoms with Crippen LogP contribution >= 0.6 is 22.9 Å². The van der Waals surface area contributed by atoms with Gasteiger partial charge in [-0.1, -0.05) is 41.9 Å². The molecule has 0 atom stereocenters. The minimum absolute atomic E-state index is 0.177. The molecular formula is C19H17ClN4O2S. The number of anilines is 1. The van der Waals surface area contributed by atoms with Gasteiger partial charge >= 0.3 is 0 Å². The highest BCUT2D eigenvalue weighted by molar-refractivity contribution is 7.15. The maximum atomic E-state index is 12.9. The zero-order chi connectivity index (χ0) is 19.0. The number of halogens is 1. The lowest BCUT2D eigenvalue weighted by molar-refractivity contribution is 0.0953. The third kappa shape index (κ3) is 3.61. The van der Waals surface area contributed by atoms with Crippen molar-refractivity contribution in [2.24, 2.45) is 7.05 Å². The van der Waals surface area contributed by atoms with Crippen molar-refractivity contribution in [3.8, 4) is 11.1 Å². The van der Waals surface area contributed by atoms with Gasteiger partial charge in [0, 0.05) is 24.0 Å². The Morgan fingerprint density at radius 2 is 1.96 bits per heavy atom. The van der Waals surface area contributed by atoms with E-state index in [-0.39, 0.29) is 22.7 Å². The van der Waals surface area contributed by atoms with Crippen molar-refractivity contribution in [1.29, 1.82) is 0 Å². The lowest BCUT2D eigenvalue weighted by Gasteiger charge is -2.10. The number of carbonyl (C=O) groups excluding carboxylic acids is 2. The molecule has 1 fully saturated rings. The number of thiophene rings is 1. The van der Waals surface area contributed by atoms with E-state index in [4.69, 9.17) is 11.6 Å². The molecule has 1 aliphatic carbocycles. The number of nitrogens with zero attached hydrogens (tertiary/aromatic N) is 2. The van der Waals surface area contributed by atoms with Crippen LogP contribution in [-0.2, 0) is 7.05 Å². The number of hydrogen-bond acceptors (Lipinski definition) is 4. The van der Waals surface area contributed by atoms with Gasteiger partial charge in [-0.3, -0.25) is 14.3 Å². The number of rotatable bonds is 5. The lowest BCUT2D eigenvalue weighted by Crippen LogP contribution is -2.27. The number of aromatic nitrogens is 2. The third-order valence-electron chi connectivity index (χ3n) is 4.35. The SMILES string of the molecule is Cn1ncc(Cl)c1C(=O)Nc1scc(-c2ccccc2)c1C(=O)NC1CC1. The molecule has 8 heteroatoms. The summed E-state index contributed by atoms with van der Waals surface area (Å²) in [5.41, 5.74) is 2.45. The van der Waals surface area contributed by atoms with Gasteiger partial charge in [-0.2, -0.15) is 5.10 Å². The van der Waals surface area contributed by atoms with Crippen LogP contribution in [0, 0.1) is 0 Å². The average Bonchev–Trinajstić information content (AvgIpc) is 3.26. The molecule has 0 saturated heterocycles. The van der Waals surface area contributed by atoms with Gasteiger partial charge in [0.1, 0.15) is 10.7 Å². The van der Waals surface area contributed by atoms with Crippen LogP contribution in [0.25, 0.3) is 11.1 Å². The Hall–Kier alpha value is -2.64. The van der Waals surface area contributed by atoms with Gasteiger partial charge in [0.2, 0.25) is 0 Å². The third-order valence-corrected chi connectivity index (χ3v) is 5.52. The summed E-state index contributed by atoms with van der Waals surface area (Å²) in [7, 11) is 1.64. The van der Waals surface area contributed by atoms with Gasteiger partial charge < -0.3 is 10.6 Å². The number of carbonyl (C=O) groups is 2. The molecule has 1 aliphatic rings. The molecule has 27 heavy (non-hydrogen) atoms. The maximum Gasteiger partial charge on any atom is 0.276 e. The van der Waals surface area contributed by atoms with E-state index in [1.54, 1.807) is 7.05 Å². The van der Waals surface area contributed by atoms with E-state index in [1.165, 1.54) is 22.2 Å². The van der Waals surface area contributed by atoms with Gasteiger partial charge in [-0.25, -0.2) is 0 Å². The van der Waals surface area contributed by atoms with Crippen LogP contribution in [0.3, 0.4) is 0 Å². The Kier molecular flexibility index (Phi) is 4.72. The molecule has 3 aromatic rings. The van der Waals surface area contributed by atoms with Crippen LogP contribution in [-0.4, -0.2) is 27.6 Å². The van der Waals surface area contributed by atoms with E-state index in [0.717, 1.165) is 24.0 Å². The van der Waals surface area contributed by atoms with Gasteiger partial charge in [-0.15, -0.1) is 11.3 Å². The van der Waals surface area contributed by atoms with E-state index >= 15 is 0 Å². The second-order valence-electron chi connectivity index (χ2n) is 6.39. The van der Waals surface area contributed by atoms with E-state index in [1.807, 2.05) is 35.7 Å². The van der Waals surface area contributed by atoms with Crippen LogP contribution in [0.15, 0.2) is 41.9 Å². The number of hydrogen-bond donors (Lipinski definition) is 2. The first-order chi connectivity index (χ1) is 13.0. The Morgan fingerprint density at radius 3 is 2.59 bits per heavy atom. The highest BCUT2D eigenvalue weighted by Crippen LogP contribution is 2.36. The average molecular weight is 401 g/mol. The summed E-state index contributed by atoms with van der Waals surface area (Å²) < 4.78 is 1.41. The van der Waals surface area contributed by atoms with Crippen molar-refractivity contribution >= 4 is 39.8 Å². The minimum Gasteiger partial charge on any atom is -0.349 e. The fraction of sp³-hybridized carbons (Fsp3) is 0.211. The second kappa shape index (κ2) is 7.17. The standard InChI is InChI=1S/C19H17ClN4O2S/c1-24-16(14(20)9-21-24)18(26)23-19-15(17(25)22-12-7-8-12)13(10-27-19)11-5-3-2-4-6-11/h2-6,9-10,12H,7-8H2,1H3,(H,22,25)(H,23,26). The van der Waals surface area contributed by atoms with Gasteiger partial charge in [0.25, 0.3) is 11.8 Å². The van der Waals surface area contributed by atoms with Gasteiger partial charge in [-0.05, 0) is 18.4 Å². The summed E-state index contributed by atoms with van der Waals surface area (Å²) in [6, 6.07) is 9.87. The van der Waals surface area contributed by atoms with Crippen molar-refractivity contribution in [2.75, 3.05) is 5.32 Å². The number of aryl methyl sites for hydroxylation is 1. The van der Waals surface area contributed by atoms with E-state index in [2.05, 4.69) is 15.7 Å². The first kappa shape index (κ1) is 17.8. The summed E-state index contributed by atoms with van der Waals surface area (Å²) in [4.78, 5) is 25.6. The van der Waals surface area contributed by atoms with Crippen molar-refractivity contribution in [2.45, 2.75) is 18.9 Å². The Labute approximate surface area is 165 Å². The number of amides is 2. The zero-order valence-electron chi connectivity index (χ0n) is 14.5. The molecule has 1 saturated carbocycles. The minimum atomic E-state index is -0.401. The Morgan fingerprint density at radius 1 is 1.22 bits per heavy atom. The van der Waals surface area contributed by atoms with Gasteiger partial charge in [0.15, 0.2) is 0 Å². The fourth-order valence-corrected chi connectivity index (χ4v) is 4.03. The number of nitrogens with one attached hydrogen (secondary N) is 2. The maximum absolute atomic E-state index is 12.9. The van der Waals surface area contributed by atoms with Crippen molar-refractivity contribution in [3.05, 3.63) is 58.2 Å². The molecule has 2 aromatic heterocycles. The van der Waals surface area contributed by atoms with Crippen molar-refractivity contribution in [3.63, 3.8) is 0 Å². The van der Waals surface area contributed by atoms with Crippen LogP contribution in [0.2, 0.25) is 5.02 Å². The molecule has 0 radical (unpaired) electrons. The molecule has 138 valence electrons. The lowest BCUT2D eigenvalue weighted by atomic mass is 10.0. The predicted molar refractivity (Wildman–Crippen MR) is 106 cm³/mol. The largest absolute Gasteiger partial charge is 0.349 e. The van der Waals surface area contributed by atoms with Crippen molar-refractivity contribution < 1.29 is 9.59 Å². The molecule has 2 N–H and O–H groups in total. The first-order valence-electron chi connectivity index (χ1n) is 8.51. The summed E-state index contributed by atoms with van der Waals surface area (Å²) in [6.45, 7) is 0. The quantitative estimate of drug-likeness (QED) is 0.680. The van der Waals surface area contributed by atoms with Crippen LogP contribution in [0.1, 0.15) is 33.7 Å². The normalized spacial score (nSPS) is 13.4. The van der Waals surface area contributed by atoms with Crippen LogP contribution < -0.4 is 10.6 Å². The van der Waals surface area contributed by atoms with Crippen LogP contribution in [0.5, 0.6) is 0 Å². The molecule has 4 rings (SSSR count). The van der Waals surface area contributed by atoms with E-state index in [0.29, 0.717) is 10.6 Å². The highest BCUT2D eigenvalue weighted by atomic mass is 35.5. The van der Waals surface area contributed by atoms with Gasteiger partial charge in [0.05, 0.1) is 16.8 Å². The molecule has 0 unspecified atom stereocenters. The molecule has 0 bridgehead atoms. The van der Waals surface area contributed by atoms with E-state index < -0.39 is 5.91 Å². The van der Waals surface area contributed by atoms with Crippen molar-refractivity contribution in [1.82, 2.24) is 15.1 Å². The molecule has 0 aliphatic heterocycles. The monoisotopic (exact) mass is 400 g/mol. The fourth-order valence-electron chi connectivity index (χ4n) is 2.82. The topological polar surface area (TPSA) is 76.0 Å². The molecule has 2 heterocycles. The predicted octanol–water partition coefficient (Wildman–Crippen LogP) is 3.95. The number of benzene rings is 1. The first-order valence-corrected chi connectivity index (χ1v) is 9.77. The van der Waals surface area contributed by atoms with Crippen LogP contribution in [0.4, 0.5) is 5.00 Å². The van der Waals surface area contributed by atoms with E-state index in [9.17, 15) is 9.59 Å². The summed E-state index contributed by atoms with van der Waals surface area (Å²) >= 11 is 7.39. The second-order valence-corrected chi connectivity index (χ2v) is 7.67. The summed E-state index contributed by atoms with van der Waals surface area (Å²) in [5, 5.41) is 12.5. The molecule has 2 amide bonds. The summed E-state index contributed by atoms with van der Waals surface area (Å²) in [6.07, 6.45) is 3.40. The smallest absolute Gasteiger partial charge is 0.276 e. The summed E-state index contributed by atoms with van der Waals surface area (Å²) in [5.74, 6) is -0.578. The molecule has 6 nitrogen and oxygen atoms in total.